The molecule has 1 aromatic rings. The molecule has 0 aliphatic heterocycles. The average molecular weight is 223 g/mol. The molecule has 3 atom stereocenters. The molecular formula is C12H17NOS. The van der Waals surface area contributed by atoms with Gasteiger partial charge in [-0.25, -0.2) is 0 Å². The van der Waals surface area contributed by atoms with Crippen LogP contribution in [0.1, 0.15) is 24.3 Å². The average Bonchev–Trinajstić information content (AvgIpc) is 2.87. The van der Waals surface area contributed by atoms with Gasteiger partial charge >= 0.3 is 0 Å². The van der Waals surface area contributed by atoms with Crippen molar-refractivity contribution in [1.29, 1.82) is 0 Å². The molecule has 0 saturated heterocycles. The van der Waals surface area contributed by atoms with Crippen LogP contribution in [0.25, 0.3) is 0 Å². The maximum absolute atomic E-state index is 9.02. The predicted molar refractivity (Wildman–Crippen MR) is 64.0 cm³/mol. The molecule has 0 saturated carbocycles. The summed E-state index contributed by atoms with van der Waals surface area (Å²) >= 11 is 1.78. The van der Waals surface area contributed by atoms with E-state index in [0.717, 1.165) is 6.42 Å². The van der Waals surface area contributed by atoms with Gasteiger partial charge in [-0.1, -0.05) is 18.2 Å². The monoisotopic (exact) mass is 223 g/mol. The zero-order valence-electron chi connectivity index (χ0n) is 8.89. The van der Waals surface area contributed by atoms with E-state index in [9.17, 15) is 0 Å². The molecule has 0 fully saturated rings. The van der Waals surface area contributed by atoms with Crippen molar-refractivity contribution in [2.24, 2.45) is 5.92 Å². The smallest absolute Gasteiger partial charge is 0.0494 e. The minimum atomic E-state index is 0.266. The lowest BCUT2D eigenvalue weighted by Gasteiger charge is -2.18. The van der Waals surface area contributed by atoms with Crippen LogP contribution < -0.4 is 5.32 Å². The standard InChI is InChI=1S/C12H17NOS/c1-9(12-3-2-6-15-12)13-11-5-4-10(7-11)8-14/h2-6,9-11,13-14H,7-8H2,1H3/t9-,10+,11-/m1/s1. The topological polar surface area (TPSA) is 32.3 Å². The second-order valence-electron chi connectivity index (χ2n) is 4.07. The van der Waals surface area contributed by atoms with Gasteiger partial charge in [-0.05, 0) is 24.8 Å². The molecule has 1 aliphatic carbocycles. The zero-order chi connectivity index (χ0) is 10.7. The van der Waals surface area contributed by atoms with Crippen LogP contribution >= 0.6 is 11.3 Å². The van der Waals surface area contributed by atoms with E-state index in [4.69, 9.17) is 5.11 Å². The molecule has 0 unspecified atom stereocenters. The van der Waals surface area contributed by atoms with E-state index in [1.807, 2.05) is 0 Å². The first-order chi connectivity index (χ1) is 7.29. The van der Waals surface area contributed by atoms with Crippen molar-refractivity contribution >= 4 is 11.3 Å². The summed E-state index contributed by atoms with van der Waals surface area (Å²) < 4.78 is 0. The fourth-order valence-electron chi connectivity index (χ4n) is 1.97. The Bertz CT molecular complexity index is 320. The van der Waals surface area contributed by atoms with Crippen molar-refractivity contribution in [3.63, 3.8) is 0 Å². The van der Waals surface area contributed by atoms with Crippen molar-refractivity contribution in [2.75, 3.05) is 6.61 Å². The highest BCUT2D eigenvalue weighted by Crippen LogP contribution is 2.23. The molecule has 82 valence electrons. The highest BCUT2D eigenvalue weighted by atomic mass is 32.1. The first-order valence-electron chi connectivity index (χ1n) is 5.38. The molecule has 0 bridgehead atoms. The Morgan fingerprint density at radius 1 is 1.60 bits per heavy atom. The molecule has 2 rings (SSSR count). The highest BCUT2D eigenvalue weighted by molar-refractivity contribution is 7.10. The molecule has 1 aromatic heterocycles. The first-order valence-corrected chi connectivity index (χ1v) is 6.26. The highest BCUT2D eigenvalue weighted by Gasteiger charge is 2.19. The van der Waals surface area contributed by atoms with E-state index < -0.39 is 0 Å². The van der Waals surface area contributed by atoms with Crippen LogP contribution in [0.4, 0.5) is 0 Å². The van der Waals surface area contributed by atoms with Crippen LogP contribution in [0, 0.1) is 5.92 Å². The zero-order valence-corrected chi connectivity index (χ0v) is 9.70. The summed E-state index contributed by atoms with van der Waals surface area (Å²) in [6, 6.07) is 5.06. The van der Waals surface area contributed by atoms with E-state index in [1.165, 1.54) is 4.88 Å². The van der Waals surface area contributed by atoms with Crippen LogP contribution in [-0.4, -0.2) is 17.8 Å². The summed E-state index contributed by atoms with van der Waals surface area (Å²) in [5.41, 5.74) is 0. The minimum absolute atomic E-state index is 0.266. The maximum Gasteiger partial charge on any atom is 0.0494 e. The molecule has 0 amide bonds. The third-order valence-electron chi connectivity index (χ3n) is 2.84. The predicted octanol–water partition coefficient (Wildman–Crippen LogP) is 2.34. The molecule has 1 heterocycles. The van der Waals surface area contributed by atoms with Crippen LogP contribution in [0.15, 0.2) is 29.7 Å². The normalized spacial score (nSPS) is 27.1. The summed E-state index contributed by atoms with van der Waals surface area (Å²) in [5, 5.41) is 14.7. The van der Waals surface area contributed by atoms with Gasteiger partial charge in [0.05, 0.1) is 0 Å². The van der Waals surface area contributed by atoms with E-state index in [-0.39, 0.29) is 6.61 Å². The number of rotatable bonds is 4. The quantitative estimate of drug-likeness (QED) is 0.768. The Labute approximate surface area is 94.6 Å². The van der Waals surface area contributed by atoms with Crippen molar-refractivity contribution in [3.8, 4) is 0 Å². The molecular weight excluding hydrogens is 206 g/mol. The van der Waals surface area contributed by atoms with Crippen molar-refractivity contribution in [3.05, 3.63) is 34.5 Å². The van der Waals surface area contributed by atoms with E-state index in [1.54, 1.807) is 11.3 Å². The van der Waals surface area contributed by atoms with E-state index >= 15 is 0 Å². The summed E-state index contributed by atoms with van der Waals surface area (Å²) in [6.45, 7) is 2.45. The van der Waals surface area contributed by atoms with Crippen molar-refractivity contribution in [1.82, 2.24) is 5.32 Å². The summed E-state index contributed by atoms with van der Waals surface area (Å²) in [5.74, 6) is 0.345. The van der Waals surface area contributed by atoms with Gasteiger partial charge in [0.2, 0.25) is 0 Å². The minimum Gasteiger partial charge on any atom is -0.396 e. The summed E-state index contributed by atoms with van der Waals surface area (Å²) in [4.78, 5) is 1.37. The third kappa shape index (κ3) is 2.68. The van der Waals surface area contributed by atoms with Gasteiger partial charge in [0, 0.05) is 29.5 Å². The number of hydrogen-bond acceptors (Lipinski definition) is 3. The third-order valence-corrected chi connectivity index (χ3v) is 3.90. The van der Waals surface area contributed by atoms with Crippen LogP contribution in [-0.2, 0) is 0 Å². The van der Waals surface area contributed by atoms with E-state index in [2.05, 4.69) is 41.9 Å². The summed E-state index contributed by atoms with van der Waals surface area (Å²) in [7, 11) is 0. The van der Waals surface area contributed by atoms with Gasteiger partial charge in [0.25, 0.3) is 0 Å². The SMILES string of the molecule is C[C@@H](N[C@@H]1C=C[C@H](CO)C1)c1cccs1. The van der Waals surface area contributed by atoms with Gasteiger partial charge in [0.15, 0.2) is 0 Å². The molecule has 2 nitrogen and oxygen atoms in total. The van der Waals surface area contributed by atoms with Crippen LogP contribution in [0.2, 0.25) is 0 Å². The second-order valence-corrected chi connectivity index (χ2v) is 5.05. The molecule has 0 radical (unpaired) electrons. The Kier molecular flexibility index (Phi) is 3.57. The maximum atomic E-state index is 9.02. The van der Waals surface area contributed by atoms with Gasteiger partial charge in [-0.2, -0.15) is 0 Å². The van der Waals surface area contributed by atoms with Gasteiger partial charge in [-0.3, -0.25) is 0 Å². The van der Waals surface area contributed by atoms with Gasteiger partial charge in [0.1, 0.15) is 0 Å². The van der Waals surface area contributed by atoms with Gasteiger partial charge < -0.3 is 10.4 Å². The van der Waals surface area contributed by atoms with Crippen molar-refractivity contribution < 1.29 is 5.11 Å². The summed E-state index contributed by atoms with van der Waals surface area (Å²) in [6.07, 6.45) is 5.30. The van der Waals surface area contributed by atoms with Crippen LogP contribution in [0.5, 0.6) is 0 Å². The molecule has 0 aromatic carbocycles. The number of aliphatic hydroxyl groups is 1. The molecule has 3 heteroatoms. The number of thiophene rings is 1. The molecule has 15 heavy (non-hydrogen) atoms. The fourth-order valence-corrected chi connectivity index (χ4v) is 2.72. The largest absolute Gasteiger partial charge is 0.396 e. The fraction of sp³-hybridized carbons (Fsp3) is 0.500. The molecule has 1 aliphatic rings. The first kappa shape index (κ1) is 10.9. The Hall–Kier alpha value is -0.640. The molecule has 0 spiro atoms. The van der Waals surface area contributed by atoms with Crippen molar-refractivity contribution in [2.45, 2.75) is 25.4 Å². The number of nitrogens with one attached hydrogen (secondary N) is 1. The van der Waals surface area contributed by atoms with Crippen LogP contribution in [0.3, 0.4) is 0 Å². The van der Waals surface area contributed by atoms with Gasteiger partial charge in [-0.15, -0.1) is 11.3 Å². The Morgan fingerprint density at radius 2 is 2.47 bits per heavy atom. The lowest BCUT2D eigenvalue weighted by atomic mass is 10.1. The lowest BCUT2D eigenvalue weighted by molar-refractivity contribution is 0.245. The molecule has 2 N–H and O–H groups in total. The number of aliphatic hydroxyl groups excluding tert-OH is 1. The number of hydrogen-bond donors (Lipinski definition) is 2. The van der Waals surface area contributed by atoms with E-state index in [0.29, 0.717) is 18.0 Å². The second kappa shape index (κ2) is 4.92. The Morgan fingerprint density at radius 3 is 3.07 bits per heavy atom. The lowest BCUT2D eigenvalue weighted by Crippen LogP contribution is -2.28. The Balaban J connectivity index is 1.86.